The highest BCUT2D eigenvalue weighted by Gasteiger charge is 2.19. The molecule has 4 N–H and O–H groups in total. The zero-order valence-electron chi connectivity index (χ0n) is 15.3. The highest BCUT2D eigenvalue weighted by molar-refractivity contribution is 5.88. The Morgan fingerprint density at radius 1 is 0.964 bits per heavy atom. The van der Waals surface area contributed by atoms with Gasteiger partial charge in [0.25, 0.3) is 0 Å². The molecule has 28 heavy (non-hydrogen) atoms. The van der Waals surface area contributed by atoms with Crippen LogP contribution < -0.4 is 16.2 Å². The van der Waals surface area contributed by atoms with Gasteiger partial charge in [-0.05, 0) is 24.3 Å². The van der Waals surface area contributed by atoms with E-state index in [9.17, 15) is 0 Å². The van der Waals surface area contributed by atoms with E-state index in [0.29, 0.717) is 35.1 Å². The van der Waals surface area contributed by atoms with E-state index in [1.165, 1.54) is 0 Å². The smallest absolute Gasteiger partial charge is 0.224 e. The lowest BCUT2D eigenvalue weighted by atomic mass is 10.1. The van der Waals surface area contributed by atoms with Crippen LogP contribution >= 0.6 is 0 Å². The largest absolute Gasteiger partial charge is 0.497 e. The number of hydrogen-bond acceptors (Lipinski definition) is 9. The zero-order chi connectivity index (χ0) is 19.7. The number of hydrogen-bond donors (Lipinski definition) is 2. The number of rotatable bonds is 5. The van der Waals surface area contributed by atoms with E-state index >= 15 is 0 Å². The van der Waals surface area contributed by atoms with Crippen molar-refractivity contribution >= 4 is 22.9 Å². The minimum Gasteiger partial charge on any atom is -0.497 e. The van der Waals surface area contributed by atoms with Crippen molar-refractivity contribution in [3.05, 3.63) is 36.7 Å². The van der Waals surface area contributed by atoms with E-state index < -0.39 is 0 Å². The van der Waals surface area contributed by atoms with Crippen LogP contribution in [0.25, 0.3) is 33.9 Å². The van der Waals surface area contributed by atoms with Crippen molar-refractivity contribution in [3.8, 4) is 28.5 Å². The molecule has 0 aliphatic carbocycles. The average Bonchev–Trinajstić information content (AvgIpc) is 3.15. The monoisotopic (exact) mass is 378 g/mol. The van der Waals surface area contributed by atoms with Crippen molar-refractivity contribution in [1.82, 2.24) is 29.5 Å². The number of benzene rings is 1. The first kappa shape index (κ1) is 17.6. The number of fused-ring (bicyclic) bond motifs is 1. The summed E-state index contributed by atoms with van der Waals surface area (Å²) in [5, 5.41) is 0. The van der Waals surface area contributed by atoms with Crippen LogP contribution in [0, 0.1) is 0 Å². The molecule has 10 heteroatoms. The van der Waals surface area contributed by atoms with E-state index in [1.54, 1.807) is 26.6 Å². The summed E-state index contributed by atoms with van der Waals surface area (Å²) in [5.74, 6) is 1.51. The number of nitrogens with zero attached hydrogens (tertiary/aromatic N) is 6. The molecule has 142 valence electrons. The van der Waals surface area contributed by atoms with Gasteiger partial charge < -0.3 is 25.5 Å². The minimum atomic E-state index is 0.0303. The Labute approximate surface area is 160 Å². The van der Waals surface area contributed by atoms with Gasteiger partial charge in [0.1, 0.15) is 23.9 Å². The van der Waals surface area contributed by atoms with Gasteiger partial charge in [0.15, 0.2) is 22.8 Å². The number of methoxy groups -OCH3 is 2. The van der Waals surface area contributed by atoms with Gasteiger partial charge in [-0.25, -0.2) is 15.0 Å². The summed E-state index contributed by atoms with van der Waals surface area (Å²) in [7, 11) is 3.22. The van der Waals surface area contributed by atoms with Gasteiger partial charge in [-0.15, -0.1) is 0 Å². The Morgan fingerprint density at radius 3 is 2.46 bits per heavy atom. The summed E-state index contributed by atoms with van der Waals surface area (Å²) < 4.78 is 12.3. The standard InChI is InChI=1S/C18H18N8O2/c1-27-9-26-8-7-21-17(26)13-12(10-3-5-11(28-2)6-4-10)22-14-15(19)24-18(20)25-16(14)23-13/h3-8H,9H2,1-2H3,(H4,19,20,23,24,25). The minimum absolute atomic E-state index is 0.0303. The summed E-state index contributed by atoms with van der Waals surface area (Å²) in [6.45, 7) is 0.311. The average molecular weight is 378 g/mol. The second-order valence-electron chi connectivity index (χ2n) is 5.93. The van der Waals surface area contributed by atoms with Crippen LogP contribution in [0.2, 0.25) is 0 Å². The maximum Gasteiger partial charge on any atom is 0.224 e. The topological polar surface area (TPSA) is 140 Å². The van der Waals surface area contributed by atoms with Crippen LogP contribution in [0.4, 0.5) is 11.8 Å². The van der Waals surface area contributed by atoms with Crippen LogP contribution in [-0.2, 0) is 11.5 Å². The quantitative estimate of drug-likeness (QED) is 0.531. The fraction of sp³-hybridized carbons (Fsp3) is 0.167. The van der Waals surface area contributed by atoms with E-state index in [2.05, 4.69) is 19.9 Å². The fourth-order valence-electron chi connectivity index (χ4n) is 2.86. The normalized spacial score (nSPS) is 11.1. The number of nitrogen functional groups attached to an aromatic ring is 2. The van der Waals surface area contributed by atoms with Crippen LogP contribution in [-0.4, -0.2) is 43.7 Å². The van der Waals surface area contributed by atoms with Crippen LogP contribution in [0.3, 0.4) is 0 Å². The van der Waals surface area contributed by atoms with E-state index in [1.807, 2.05) is 28.8 Å². The summed E-state index contributed by atoms with van der Waals surface area (Å²) in [5.41, 5.74) is 14.3. The lowest BCUT2D eigenvalue weighted by Crippen LogP contribution is -2.08. The summed E-state index contributed by atoms with van der Waals surface area (Å²) >= 11 is 0. The Balaban J connectivity index is 2.00. The molecule has 0 spiro atoms. The van der Waals surface area contributed by atoms with Crippen LogP contribution in [0.15, 0.2) is 36.7 Å². The Kier molecular flexibility index (Phi) is 4.45. The van der Waals surface area contributed by atoms with E-state index in [-0.39, 0.29) is 11.8 Å². The number of imidazole rings is 1. The summed E-state index contributed by atoms with van der Waals surface area (Å²) in [6.07, 6.45) is 3.46. The first-order chi connectivity index (χ1) is 13.6. The molecule has 0 aliphatic rings. The Morgan fingerprint density at radius 2 is 1.75 bits per heavy atom. The third kappa shape index (κ3) is 3.05. The van der Waals surface area contributed by atoms with Crippen molar-refractivity contribution in [2.45, 2.75) is 6.73 Å². The van der Waals surface area contributed by atoms with Crippen molar-refractivity contribution in [3.63, 3.8) is 0 Å². The van der Waals surface area contributed by atoms with Gasteiger partial charge in [0.2, 0.25) is 5.95 Å². The molecule has 10 nitrogen and oxygen atoms in total. The molecular formula is C18H18N8O2. The van der Waals surface area contributed by atoms with Gasteiger partial charge in [-0.2, -0.15) is 9.97 Å². The summed E-state index contributed by atoms with van der Waals surface area (Å²) in [6, 6.07) is 7.46. The van der Waals surface area contributed by atoms with Crippen molar-refractivity contribution in [1.29, 1.82) is 0 Å². The zero-order valence-corrected chi connectivity index (χ0v) is 15.3. The first-order valence-corrected chi connectivity index (χ1v) is 8.36. The van der Waals surface area contributed by atoms with Gasteiger partial charge in [0.05, 0.1) is 7.11 Å². The second kappa shape index (κ2) is 7.08. The van der Waals surface area contributed by atoms with Crippen LogP contribution in [0.1, 0.15) is 0 Å². The first-order valence-electron chi connectivity index (χ1n) is 8.36. The number of ether oxygens (including phenoxy) is 2. The third-order valence-corrected chi connectivity index (χ3v) is 4.13. The van der Waals surface area contributed by atoms with Gasteiger partial charge in [-0.3, -0.25) is 0 Å². The molecule has 1 aromatic carbocycles. The molecule has 0 saturated carbocycles. The van der Waals surface area contributed by atoms with Crippen LogP contribution in [0.5, 0.6) is 5.75 Å². The van der Waals surface area contributed by atoms with E-state index in [4.69, 9.17) is 25.9 Å². The lowest BCUT2D eigenvalue weighted by molar-refractivity contribution is 0.132. The predicted octanol–water partition coefficient (Wildman–Crippen LogP) is 1.73. The highest BCUT2D eigenvalue weighted by atomic mass is 16.5. The maximum absolute atomic E-state index is 6.00. The molecule has 3 aromatic heterocycles. The number of aromatic nitrogens is 6. The number of anilines is 2. The molecule has 0 fully saturated rings. The fourth-order valence-corrected chi connectivity index (χ4v) is 2.86. The molecule has 0 unspecified atom stereocenters. The molecule has 3 heterocycles. The third-order valence-electron chi connectivity index (χ3n) is 4.13. The molecule has 0 bridgehead atoms. The molecule has 0 radical (unpaired) electrons. The van der Waals surface area contributed by atoms with Crippen molar-refractivity contribution < 1.29 is 9.47 Å². The van der Waals surface area contributed by atoms with Gasteiger partial charge >= 0.3 is 0 Å². The number of nitrogens with two attached hydrogens (primary N) is 2. The SMILES string of the molecule is COCn1ccnc1-c1nc2nc(N)nc(N)c2nc1-c1ccc(OC)cc1. The van der Waals surface area contributed by atoms with Crippen molar-refractivity contribution in [2.75, 3.05) is 25.7 Å². The van der Waals surface area contributed by atoms with E-state index in [0.717, 1.165) is 11.3 Å². The Bertz CT molecular complexity index is 1140. The van der Waals surface area contributed by atoms with Gasteiger partial charge in [0, 0.05) is 25.1 Å². The van der Waals surface area contributed by atoms with Gasteiger partial charge in [-0.1, -0.05) is 0 Å². The molecular weight excluding hydrogens is 360 g/mol. The highest BCUT2D eigenvalue weighted by Crippen LogP contribution is 2.32. The molecule has 0 saturated heterocycles. The predicted molar refractivity (Wildman–Crippen MR) is 104 cm³/mol. The molecule has 0 amide bonds. The molecule has 4 aromatic rings. The maximum atomic E-state index is 6.00. The molecule has 0 aliphatic heterocycles. The molecule has 0 atom stereocenters. The second-order valence-corrected chi connectivity index (χ2v) is 5.93. The van der Waals surface area contributed by atoms with Crippen molar-refractivity contribution in [2.24, 2.45) is 0 Å². The molecule has 4 rings (SSSR count). The Hall–Kier alpha value is -3.79. The summed E-state index contributed by atoms with van der Waals surface area (Å²) in [4.78, 5) is 21.9. The lowest BCUT2D eigenvalue weighted by Gasteiger charge is -2.12.